The van der Waals surface area contributed by atoms with Crippen molar-refractivity contribution in [2.75, 3.05) is 14.2 Å². The summed E-state index contributed by atoms with van der Waals surface area (Å²) in [6.45, 7) is 3.54. The van der Waals surface area contributed by atoms with Gasteiger partial charge in [-0.3, -0.25) is 0 Å². The Hall–Kier alpha value is -0.535. The van der Waals surface area contributed by atoms with Crippen LogP contribution in [0, 0.1) is 0 Å². The Balaban J connectivity index is 3.43. The van der Waals surface area contributed by atoms with Crippen molar-refractivity contribution in [1.29, 1.82) is 0 Å². The van der Waals surface area contributed by atoms with E-state index < -0.39 is 0 Å². The molecule has 0 heterocycles. The number of rotatable bonds is 5. The maximum Gasteiger partial charge on any atom is 0.460 e. The lowest BCUT2D eigenvalue weighted by Crippen LogP contribution is -2.17. The SMILES string of the molecule is C=C/C=C/CB(OC)OC. The second kappa shape index (κ2) is 6.58. The molecule has 10 heavy (non-hydrogen) atoms. The minimum Gasteiger partial charge on any atom is -0.414 e. The quantitative estimate of drug-likeness (QED) is 0.425. The van der Waals surface area contributed by atoms with Crippen LogP contribution in [0.3, 0.4) is 0 Å². The Bertz CT molecular complexity index is 108. The minimum atomic E-state index is -0.129. The van der Waals surface area contributed by atoms with Crippen LogP contribution >= 0.6 is 0 Å². The highest BCUT2D eigenvalue weighted by Crippen LogP contribution is 1.94. The van der Waals surface area contributed by atoms with E-state index in [1.54, 1.807) is 20.3 Å². The summed E-state index contributed by atoms with van der Waals surface area (Å²) < 4.78 is 9.88. The smallest absolute Gasteiger partial charge is 0.414 e. The molecule has 0 saturated heterocycles. The number of hydrogen-bond donors (Lipinski definition) is 0. The molecule has 0 bridgehead atoms. The van der Waals surface area contributed by atoms with Crippen LogP contribution < -0.4 is 0 Å². The molecule has 0 aromatic heterocycles. The molecule has 0 fully saturated rings. The summed E-state index contributed by atoms with van der Waals surface area (Å²) in [4.78, 5) is 0. The monoisotopic (exact) mass is 140 g/mol. The average molecular weight is 140 g/mol. The lowest BCUT2D eigenvalue weighted by molar-refractivity contribution is 0.281. The summed E-state index contributed by atoms with van der Waals surface area (Å²) in [5, 5.41) is 0. The van der Waals surface area contributed by atoms with Crippen LogP contribution in [0.4, 0.5) is 0 Å². The number of hydrogen-bond acceptors (Lipinski definition) is 2. The van der Waals surface area contributed by atoms with Crippen LogP contribution in [0.25, 0.3) is 0 Å². The van der Waals surface area contributed by atoms with Gasteiger partial charge in [0.2, 0.25) is 0 Å². The lowest BCUT2D eigenvalue weighted by atomic mass is 9.85. The summed E-state index contributed by atoms with van der Waals surface area (Å²) in [6.07, 6.45) is 6.30. The fourth-order valence-corrected chi connectivity index (χ4v) is 0.575. The zero-order valence-corrected chi connectivity index (χ0v) is 6.54. The Morgan fingerprint density at radius 3 is 2.40 bits per heavy atom. The van der Waals surface area contributed by atoms with Gasteiger partial charge in [0.25, 0.3) is 0 Å². The summed E-state index contributed by atoms with van der Waals surface area (Å²) >= 11 is 0. The highest BCUT2D eigenvalue weighted by atomic mass is 16.6. The van der Waals surface area contributed by atoms with Gasteiger partial charge in [0, 0.05) is 20.5 Å². The van der Waals surface area contributed by atoms with E-state index in [4.69, 9.17) is 9.31 Å². The molecule has 56 valence electrons. The molecular weight excluding hydrogens is 127 g/mol. The van der Waals surface area contributed by atoms with E-state index in [2.05, 4.69) is 6.58 Å². The molecule has 0 aromatic carbocycles. The highest BCUT2D eigenvalue weighted by Gasteiger charge is 2.09. The van der Waals surface area contributed by atoms with E-state index in [0.29, 0.717) is 0 Å². The molecule has 0 unspecified atom stereocenters. The topological polar surface area (TPSA) is 18.5 Å². The van der Waals surface area contributed by atoms with Crippen molar-refractivity contribution in [3.8, 4) is 0 Å². The van der Waals surface area contributed by atoms with E-state index >= 15 is 0 Å². The Labute approximate surface area is 62.7 Å². The minimum absolute atomic E-state index is 0.129. The molecule has 3 heteroatoms. The molecule has 2 nitrogen and oxygen atoms in total. The van der Waals surface area contributed by atoms with Crippen molar-refractivity contribution in [2.45, 2.75) is 6.32 Å². The fourth-order valence-electron chi connectivity index (χ4n) is 0.575. The molecule has 0 spiro atoms. The maximum absolute atomic E-state index is 4.94. The van der Waals surface area contributed by atoms with Gasteiger partial charge in [-0.15, -0.1) is 0 Å². The zero-order chi connectivity index (χ0) is 7.82. The van der Waals surface area contributed by atoms with E-state index in [1.165, 1.54) is 0 Å². The molecule has 0 amide bonds. The van der Waals surface area contributed by atoms with Crippen LogP contribution in [-0.4, -0.2) is 21.3 Å². The first kappa shape index (κ1) is 9.46. The summed E-state index contributed by atoms with van der Waals surface area (Å²) in [7, 11) is 3.11. The van der Waals surface area contributed by atoms with Gasteiger partial charge >= 0.3 is 7.12 Å². The molecule has 0 saturated carbocycles. The van der Waals surface area contributed by atoms with Gasteiger partial charge < -0.3 is 9.31 Å². The third-order valence-corrected chi connectivity index (χ3v) is 1.13. The second-order valence-electron chi connectivity index (χ2n) is 1.80. The predicted molar refractivity (Wildman–Crippen MR) is 43.9 cm³/mol. The van der Waals surface area contributed by atoms with Crippen molar-refractivity contribution >= 4 is 7.12 Å². The normalized spacial score (nSPS) is 10.2. The fraction of sp³-hybridized carbons (Fsp3) is 0.429. The second-order valence-corrected chi connectivity index (χ2v) is 1.80. The molecule has 0 aliphatic carbocycles. The van der Waals surface area contributed by atoms with Crippen LogP contribution in [0.1, 0.15) is 0 Å². The van der Waals surface area contributed by atoms with Gasteiger partial charge in [0.1, 0.15) is 0 Å². The Morgan fingerprint density at radius 2 is 2.00 bits per heavy atom. The summed E-state index contributed by atoms with van der Waals surface area (Å²) in [5.74, 6) is 0. The van der Waals surface area contributed by atoms with Gasteiger partial charge in [-0.25, -0.2) is 0 Å². The Kier molecular flexibility index (Phi) is 6.23. The molecular formula is C7H13BO2. The van der Waals surface area contributed by atoms with Crippen LogP contribution in [0.15, 0.2) is 24.8 Å². The lowest BCUT2D eigenvalue weighted by Gasteiger charge is -2.03. The molecule has 0 rings (SSSR count). The van der Waals surface area contributed by atoms with Crippen molar-refractivity contribution in [3.05, 3.63) is 24.8 Å². The van der Waals surface area contributed by atoms with Gasteiger partial charge in [0.15, 0.2) is 0 Å². The van der Waals surface area contributed by atoms with Crippen molar-refractivity contribution in [1.82, 2.24) is 0 Å². The van der Waals surface area contributed by atoms with E-state index in [-0.39, 0.29) is 7.12 Å². The van der Waals surface area contributed by atoms with Crippen molar-refractivity contribution in [2.24, 2.45) is 0 Å². The molecule has 0 radical (unpaired) electrons. The Morgan fingerprint density at radius 1 is 1.40 bits per heavy atom. The van der Waals surface area contributed by atoms with E-state index in [9.17, 15) is 0 Å². The largest absolute Gasteiger partial charge is 0.460 e. The van der Waals surface area contributed by atoms with Gasteiger partial charge in [-0.1, -0.05) is 24.8 Å². The summed E-state index contributed by atoms with van der Waals surface area (Å²) in [6, 6.07) is 0. The third kappa shape index (κ3) is 4.35. The van der Waals surface area contributed by atoms with Gasteiger partial charge in [0.05, 0.1) is 0 Å². The van der Waals surface area contributed by atoms with Crippen molar-refractivity contribution < 1.29 is 9.31 Å². The van der Waals surface area contributed by atoms with Gasteiger partial charge in [-0.2, -0.15) is 0 Å². The highest BCUT2D eigenvalue weighted by molar-refractivity contribution is 6.44. The van der Waals surface area contributed by atoms with Gasteiger partial charge in [-0.05, 0) is 0 Å². The number of allylic oxidation sites excluding steroid dienone is 3. The first-order chi connectivity index (χ1) is 4.85. The maximum atomic E-state index is 4.94. The average Bonchev–Trinajstić information content (AvgIpc) is 1.99. The molecule has 0 N–H and O–H groups in total. The molecule has 0 aliphatic heterocycles. The van der Waals surface area contributed by atoms with E-state index in [0.717, 1.165) is 6.32 Å². The summed E-state index contributed by atoms with van der Waals surface area (Å²) in [5.41, 5.74) is 0. The van der Waals surface area contributed by atoms with Crippen LogP contribution in [0.2, 0.25) is 6.32 Å². The van der Waals surface area contributed by atoms with Crippen LogP contribution in [0.5, 0.6) is 0 Å². The first-order valence-corrected chi connectivity index (χ1v) is 3.18. The molecule has 0 aliphatic rings. The zero-order valence-electron chi connectivity index (χ0n) is 6.54. The van der Waals surface area contributed by atoms with E-state index in [1.807, 2.05) is 12.2 Å². The molecule has 0 aromatic rings. The van der Waals surface area contributed by atoms with Crippen LogP contribution in [-0.2, 0) is 9.31 Å². The van der Waals surface area contributed by atoms with Crippen molar-refractivity contribution in [3.63, 3.8) is 0 Å². The molecule has 0 atom stereocenters. The third-order valence-electron chi connectivity index (χ3n) is 1.13. The standard InChI is InChI=1S/C7H13BO2/c1-4-5-6-7-8(9-2)10-3/h4-6H,1,7H2,2-3H3/b6-5+. The predicted octanol–water partition coefficient (Wildman–Crippen LogP) is 1.51. The first-order valence-electron chi connectivity index (χ1n) is 3.18.